The average molecular weight is 561 g/mol. The monoisotopic (exact) mass is 560 g/mol. The van der Waals surface area contributed by atoms with Gasteiger partial charge in [0.25, 0.3) is 5.56 Å². The molecule has 0 unspecified atom stereocenters. The Kier molecular flexibility index (Phi) is 8.53. The molecule has 1 N–H and O–H groups in total. The molecule has 1 fully saturated rings. The second-order valence-corrected chi connectivity index (χ2v) is 10.1. The minimum Gasteiger partial charge on any atom is -0.497 e. The Morgan fingerprint density at radius 1 is 1.12 bits per heavy atom. The zero-order valence-electron chi connectivity index (χ0n) is 23.9. The van der Waals surface area contributed by atoms with Gasteiger partial charge < -0.3 is 29.0 Å². The summed E-state index contributed by atoms with van der Waals surface area (Å²) in [6.07, 6.45) is 7.14. The molecule has 5 rings (SSSR count). The van der Waals surface area contributed by atoms with Gasteiger partial charge in [0.05, 0.1) is 31.7 Å². The summed E-state index contributed by atoms with van der Waals surface area (Å²) < 4.78 is 19.3. The molecule has 1 aliphatic rings. The van der Waals surface area contributed by atoms with Crippen molar-refractivity contribution in [3.8, 4) is 5.75 Å². The molecular weight excluding hydrogens is 524 g/mol. The fraction of sp³-hybridized carbons (Fsp3) is 0.400. The van der Waals surface area contributed by atoms with E-state index >= 15 is 0 Å². The Balaban J connectivity index is 1.49. The minimum absolute atomic E-state index is 0.112. The van der Waals surface area contributed by atoms with Crippen molar-refractivity contribution in [2.24, 2.45) is 0 Å². The van der Waals surface area contributed by atoms with E-state index in [2.05, 4.69) is 15.4 Å². The Labute approximate surface area is 238 Å². The third-order valence-corrected chi connectivity index (χ3v) is 7.53. The van der Waals surface area contributed by atoms with E-state index in [4.69, 9.17) is 14.2 Å². The van der Waals surface area contributed by atoms with Crippen molar-refractivity contribution in [1.29, 1.82) is 0 Å². The van der Waals surface area contributed by atoms with E-state index in [1.807, 2.05) is 54.5 Å². The number of methoxy groups -OCH3 is 2. The smallest absolute Gasteiger partial charge is 0.358 e. The van der Waals surface area contributed by atoms with E-state index in [0.29, 0.717) is 23.7 Å². The highest BCUT2D eigenvalue weighted by Crippen LogP contribution is 2.30. The molecule has 0 radical (unpaired) electrons. The molecule has 11 nitrogen and oxygen atoms in total. The van der Waals surface area contributed by atoms with Gasteiger partial charge in [0.1, 0.15) is 11.4 Å². The van der Waals surface area contributed by atoms with Gasteiger partial charge in [-0.05, 0) is 62.4 Å². The lowest BCUT2D eigenvalue weighted by Gasteiger charge is -2.29. The summed E-state index contributed by atoms with van der Waals surface area (Å²) in [4.78, 5) is 32.8. The Bertz CT molecular complexity index is 1560. The van der Waals surface area contributed by atoms with E-state index in [-0.39, 0.29) is 30.0 Å². The molecule has 41 heavy (non-hydrogen) atoms. The highest BCUT2D eigenvalue weighted by molar-refractivity contribution is 5.89. The Morgan fingerprint density at radius 2 is 1.88 bits per heavy atom. The maximum atomic E-state index is 13.5. The number of ether oxygens (including phenoxy) is 3. The number of nitrogens with one attached hydrogen (secondary N) is 1. The fourth-order valence-corrected chi connectivity index (χ4v) is 5.32. The van der Waals surface area contributed by atoms with Crippen LogP contribution in [0.25, 0.3) is 5.65 Å². The summed E-state index contributed by atoms with van der Waals surface area (Å²) >= 11 is 0. The van der Waals surface area contributed by atoms with Crippen LogP contribution in [0.15, 0.2) is 59.7 Å². The molecule has 3 aromatic heterocycles. The number of carbonyl (C=O) groups excluding carboxylic acids is 1. The number of pyridine rings is 1. The van der Waals surface area contributed by atoms with Crippen LogP contribution in [0.2, 0.25) is 0 Å². The maximum Gasteiger partial charge on any atom is 0.358 e. The number of imidazole rings is 1. The lowest BCUT2D eigenvalue weighted by atomic mass is 9.92. The SMILES string of the molecule is CCOC(=O)c1cnc2c(N(C)Cc3ccc(OC)cc3)cc(Nc3cccn(C4CCC(OC)CC4)c3=O)nn12. The van der Waals surface area contributed by atoms with Crippen LogP contribution in [-0.2, 0) is 16.0 Å². The molecule has 0 aliphatic heterocycles. The fourth-order valence-electron chi connectivity index (χ4n) is 5.32. The normalized spacial score (nSPS) is 16.9. The molecule has 0 saturated heterocycles. The zero-order chi connectivity index (χ0) is 28.9. The first-order valence-corrected chi connectivity index (χ1v) is 13.8. The Morgan fingerprint density at radius 3 is 2.56 bits per heavy atom. The van der Waals surface area contributed by atoms with Crippen LogP contribution in [0, 0.1) is 0 Å². The first-order valence-electron chi connectivity index (χ1n) is 13.8. The van der Waals surface area contributed by atoms with Crippen LogP contribution in [0.5, 0.6) is 5.75 Å². The summed E-state index contributed by atoms with van der Waals surface area (Å²) in [5.74, 6) is 0.652. The first-order chi connectivity index (χ1) is 19.9. The van der Waals surface area contributed by atoms with Crippen molar-refractivity contribution in [3.05, 3.63) is 76.5 Å². The van der Waals surface area contributed by atoms with Crippen LogP contribution < -0.4 is 20.5 Å². The van der Waals surface area contributed by atoms with Crippen molar-refractivity contribution in [1.82, 2.24) is 19.2 Å². The molecule has 1 aromatic carbocycles. The topological polar surface area (TPSA) is 112 Å². The van der Waals surface area contributed by atoms with Gasteiger partial charge in [-0.1, -0.05) is 12.1 Å². The van der Waals surface area contributed by atoms with Gasteiger partial charge in [0.2, 0.25) is 0 Å². The molecule has 0 atom stereocenters. The number of aromatic nitrogens is 4. The maximum absolute atomic E-state index is 13.5. The van der Waals surface area contributed by atoms with E-state index in [0.717, 1.165) is 42.7 Å². The predicted molar refractivity (Wildman–Crippen MR) is 156 cm³/mol. The van der Waals surface area contributed by atoms with E-state index < -0.39 is 5.97 Å². The number of hydrogen-bond acceptors (Lipinski definition) is 9. The zero-order valence-corrected chi connectivity index (χ0v) is 23.9. The molecule has 3 heterocycles. The summed E-state index contributed by atoms with van der Waals surface area (Å²) in [6, 6.07) is 13.4. The van der Waals surface area contributed by atoms with E-state index in [1.165, 1.54) is 10.7 Å². The quantitative estimate of drug-likeness (QED) is 0.278. The number of rotatable bonds is 10. The number of nitrogens with zero attached hydrogens (tertiary/aromatic N) is 5. The summed E-state index contributed by atoms with van der Waals surface area (Å²) in [5, 5.41) is 7.86. The average Bonchev–Trinajstić information content (AvgIpc) is 3.42. The molecule has 0 spiro atoms. The highest BCUT2D eigenvalue weighted by Gasteiger charge is 2.24. The predicted octanol–water partition coefficient (Wildman–Crippen LogP) is 4.59. The molecular formula is C30H36N6O5. The van der Waals surface area contributed by atoms with Gasteiger partial charge in [-0.3, -0.25) is 4.79 Å². The largest absolute Gasteiger partial charge is 0.497 e. The molecule has 216 valence electrons. The molecule has 4 aromatic rings. The lowest BCUT2D eigenvalue weighted by Crippen LogP contribution is -2.30. The molecule has 0 bridgehead atoms. The molecule has 1 saturated carbocycles. The van der Waals surface area contributed by atoms with Crippen LogP contribution in [0.3, 0.4) is 0 Å². The van der Waals surface area contributed by atoms with Gasteiger partial charge in [0.15, 0.2) is 17.2 Å². The van der Waals surface area contributed by atoms with Gasteiger partial charge in [-0.15, -0.1) is 5.10 Å². The highest BCUT2D eigenvalue weighted by atomic mass is 16.5. The molecule has 11 heteroatoms. The molecule has 0 amide bonds. The number of hydrogen-bond donors (Lipinski definition) is 1. The third-order valence-electron chi connectivity index (χ3n) is 7.53. The van der Waals surface area contributed by atoms with Gasteiger partial charge in [0, 0.05) is 39.0 Å². The van der Waals surface area contributed by atoms with E-state index in [1.54, 1.807) is 31.8 Å². The van der Waals surface area contributed by atoms with Gasteiger partial charge >= 0.3 is 5.97 Å². The van der Waals surface area contributed by atoms with Gasteiger partial charge in [-0.25, -0.2) is 14.3 Å². The van der Waals surface area contributed by atoms with E-state index in [9.17, 15) is 9.59 Å². The number of esters is 1. The second kappa shape index (κ2) is 12.4. The van der Waals surface area contributed by atoms with Crippen molar-refractivity contribution < 1.29 is 19.0 Å². The van der Waals surface area contributed by atoms with Crippen molar-refractivity contribution in [2.75, 3.05) is 38.1 Å². The van der Waals surface area contributed by atoms with Crippen LogP contribution in [-0.4, -0.2) is 59.1 Å². The van der Waals surface area contributed by atoms with Crippen molar-refractivity contribution in [3.63, 3.8) is 0 Å². The number of benzene rings is 1. The van der Waals surface area contributed by atoms with Crippen molar-refractivity contribution >= 4 is 28.8 Å². The number of fused-ring (bicyclic) bond motifs is 1. The minimum atomic E-state index is -0.526. The Hall–Kier alpha value is -4.38. The van der Waals surface area contributed by atoms with Gasteiger partial charge in [-0.2, -0.15) is 0 Å². The van der Waals surface area contributed by atoms with Crippen LogP contribution in [0.4, 0.5) is 17.2 Å². The standard InChI is InChI=1S/C30H36N6O5/c1-5-41-30(38)26-18-31-28-25(34(2)19-20-8-12-22(39-3)13-9-20)17-27(33-36(26)28)32-24-7-6-16-35(29(24)37)21-10-14-23(40-4)15-11-21/h6-9,12-13,16-18,21,23H,5,10-11,14-15,19H2,1-4H3,(H,32,33). The number of anilines is 3. The summed E-state index contributed by atoms with van der Waals surface area (Å²) in [7, 11) is 5.31. The second-order valence-electron chi connectivity index (χ2n) is 10.1. The van der Waals surface area contributed by atoms with Crippen LogP contribution >= 0.6 is 0 Å². The summed E-state index contributed by atoms with van der Waals surface area (Å²) in [6.45, 7) is 2.54. The molecule has 1 aliphatic carbocycles. The first kappa shape index (κ1) is 28.2. The van der Waals surface area contributed by atoms with Crippen LogP contribution in [0.1, 0.15) is 54.7 Å². The summed E-state index contributed by atoms with van der Waals surface area (Å²) in [5.41, 5.74) is 2.75. The lowest BCUT2D eigenvalue weighted by molar-refractivity contribution is 0.0516. The number of carbonyl (C=O) groups is 1. The van der Waals surface area contributed by atoms with Crippen molar-refractivity contribution in [2.45, 2.75) is 51.3 Å². The third kappa shape index (κ3) is 6.04.